The topological polar surface area (TPSA) is 100 Å². The molecule has 1 N–H and O–H groups in total. The average Bonchev–Trinajstić information content (AvgIpc) is 2.76. The Labute approximate surface area is 176 Å². The van der Waals surface area contributed by atoms with Crippen LogP contribution >= 0.6 is 0 Å². The standard InChI is InChI=1S/C21H19F2NO7/c1-28-15-6-4-3-5-14(15)20(27)24-18(25)12-30-19(26)10-8-13-7-9-16(31-21(22)23)17(11-13)29-2/h3-11,21H,12H2,1-2H3,(H,24,25,27)/b10-8+. The minimum atomic E-state index is -3.01. The number of benzene rings is 2. The van der Waals surface area contributed by atoms with Gasteiger partial charge in [0.05, 0.1) is 19.8 Å². The van der Waals surface area contributed by atoms with Gasteiger partial charge in [0.15, 0.2) is 18.1 Å². The second-order valence-electron chi connectivity index (χ2n) is 5.81. The summed E-state index contributed by atoms with van der Waals surface area (Å²) in [6, 6.07) is 10.4. The third-order valence-electron chi connectivity index (χ3n) is 3.77. The second kappa shape index (κ2) is 11.3. The van der Waals surface area contributed by atoms with Crippen molar-refractivity contribution in [1.82, 2.24) is 5.32 Å². The molecule has 31 heavy (non-hydrogen) atoms. The van der Waals surface area contributed by atoms with Crippen molar-refractivity contribution in [1.29, 1.82) is 0 Å². The molecule has 0 atom stereocenters. The van der Waals surface area contributed by atoms with Gasteiger partial charge in [0.1, 0.15) is 5.75 Å². The van der Waals surface area contributed by atoms with Gasteiger partial charge in [0.2, 0.25) is 0 Å². The Morgan fingerprint density at radius 3 is 2.39 bits per heavy atom. The molecule has 0 unspecified atom stereocenters. The summed E-state index contributed by atoms with van der Waals surface area (Å²) in [6.07, 6.45) is 2.35. The fraction of sp³-hybridized carbons (Fsp3) is 0.190. The number of alkyl halides is 2. The largest absolute Gasteiger partial charge is 0.496 e. The summed E-state index contributed by atoms with van der Waals surface area (Å²) in [7, 11) is 2.66. The zero-order valence-electron chi connectivity index (χ0n) is 16.6. The maximum atomic E-state index is 12.3. The van der Waals surface area contributed by atoms with Gasteiger partial charge in [-0.25, -0.2) is 4.79 Å². The molecule has 0 aliphatic carbocycles. The quantitative estimate of drug-likeness (QED) is 0.478. The first kappa shape index (κ1) is 23.3. The van der Waals surface area contributed by atoms with Gasteiger partial charge < -0.3 is 18.9 Å². The lowest BCUT2D eigenvalue weighted by molar-refractivity contribution is -0.143. The molecule has 0 saturated heterocycles. The Hall–Kier alpha value is -3.95. The average molecular weight is 435 g/mol. The fourth-order valence-electron chi connectivity index (χ4n) is 2.39. The minimum Gasteiger partial charge on any atom is -0.496 e. The van der Waals surface area contributed by atoms with Crippen LogP contribution in [-0.2, 0) is 14.3 Å². The maximum Gasteiger partial charge on any atom is 0.387 e. The predicted molar refractivity (Wildman–Crippen MR) is 105 cm³/mol. The van der Waals surface area contributed by atoms with Crippen LogP contribution in [0.5, 0.6) is 17.2 Å². The van der Waals surface area contributed by atoms with Crippen LogP contribution in [0.1, 0.15) is 15.9 Å². The molecular formula is C21H19F2NO7. The molecule has 0 spiro atoms. The van der Waals surface area contributed by atoms with Gasteiger partial charge in [-0.15, -0.1) is 0 Å². The van der Waals surface area contributed by atoms with Gasteiger partial charge in [-0.05, 0) is 35.9 Å². The van der Waals surface area contributed by atoms with E-state index < -0.39 is 31.0 Å². The molecule has 164 valence electrons. The number of ether oxygens (including phenoxy) is 4. The maximum absolute atomic E-state index is 12.3. The molecule has 2 amide bonds. The molecular weight excluding hydrogens is 416 g/mol. The van der Waals surface area contributed by atoms with E-state index in [1.165, 1.54) is 44.6 Å². The molecule has 10 heteroatoms. The molecule has 0 radical (unpaired) electrons. The third kappa shape index (κ3) is 7.11. The molecule has 2 aromatic rings. The number of halogens is 2. The van der Waals surface area contributed by atoms with E-state index in [1.54, 1.807) is 18.2 Å². The molecule has 8 nitrogen and oxygen atoms in total. The number of methoxy groups -OCH3 is 2. The van der Waals surface area contributed by atoms with E-state index in [-0.39, 0.29) is 22.8 Å². The summed E-state index contributed by atoms with van der Waals surface area (Å²) < 4.78 is 43.8. The number of imide groups is 1. The summed E-state index contributed by atoms with van der Waals surface area (Å²) in [6.45, 7) is -3.69. The van der Waals surface area contributed by atoms with Crippen LogP contribution in [0.25, 0.3) is 6.08 Å². The van der Waals surface area contributed by atoms with Crippen LogP contribution in [0, 0.1) is 0 Å². The molecule has 0 saturated carbocycles. The van der Waals surface area contributed by atoms with Crippen LogP contribution in [0.3, 0.4) is 0 Å². The van der Waals surface area contributed by atoms with E-state index in [4.69, 9.17) is 14.2 Å². The van der Waals surface area contributed by atoms with Gasteiger partial charge in [0.25, 0.3) is 11.8 Å². The van der Waals surface area contributed by atoms with E-state index in [2.05, 4.69) is 10.1 Å². The molecule has 0 fully saturated rings. The van der Waals surface area contributed by atoms with Crippen molar-refractivity contribution >= 4 is 23.9 Å². The Kier molecular flexibility index (Phi) is 8.50. The van der Waals surface area contributed by atoms with E-state index in [1.807, 2.05) is 0 Å². The number of carbonyl (C=O) groups excluding carboxylic acids is 3. The Balaban J connectivity index is 1.89. The molecule has 0 aliphatic heterocycles. The van der Waals surface area contributed by atoms with Gasteiger partial charge >= 0.3 is 12.6 Å². The lowest BCUT2D eigenvalue weighted by atomic mass is 10.2. The number of rotatable bonds is 9. The minimum absolute atomic E-state index is 0.0463. The first-order valence-electron chi connectivity index (χ1n) is 8.79. The van der Waals surface area contributed by atoms with Crippen molar-refractivity contribution in [3.8, 4) is 17.2 Å². The van der Waals surface area contributed by atoms with Crippen LogP contribution in [0.15, 0.2) is 48.5 Å². The van der Waals surface area contributed by atoms with Crippen molar-refractivity contribution in [2.45, 2.75) is 6.61 Å². The van der Waals surface area contributed by atoms with E-state index in [0.29, 0.717) is 5.56 Å². The van der Waals surface area contributed by atoms with Crippen LogP contribution in [-0.4, -0.2) is 45.2 Å². The molecule has 0 aromatic heterocycles. The fourth-order valence-corrected chi connectivity index (χ4v) is 2.39. The van der Waals surface area contributed by atoms with Crippen molar-refractivity contribution in [2.24, 2.45) is 0 Å². The number of esters is 1. The van der Waals surface area contributed by atoms with E-state index in [0.717, 1.165) is 6.08 Å². The van der Waals surface area contributed by atoms with Gasteiger partial charge in [-0.2, -0.15) is 8.78 Å². The first-order valence-corrected chi connectivity index (χ1v) is 8.79. The number of amides is 2. The van der Waals surface area contributed by atoms with Crippen molar-refractivity contribution in [3.63, 3.8) is 0 Å². The number of para-hydroxylation sites is 1. The van der Waals surface area contributed by atoms with Crippen molar-refractivity contribution in [2.75, 3.05) is 20.8 Å². The lowest BCUT2D eigenvalue weighted by Crippen LogP contribution is -2.34. The van der Waals surface area contributed by atoms with Crippen LogP contribution in [0.4, 0.5) is 8.78 Å². The summed E-state index contributed by atoms with van der Waals surface area (Å²) in [4.78, 5) is 35.8. The molecule has 0 bridgehead atoms. The molecule has 2 rings (SSSR count). The molecule has 0 heterocycles. The highest BCUT2D eigenvalue weighted by atomic mass is 19.3. The van der Waals surface area contributed by atoms with Gasteiger partial charge in [-0.1, -0.05) is 18.2 Å². The van der Waals surface area contributed by atoms with Gasteiger partial charge in [0, 0.05) is 6.08 Å². The van der Waals surface area contributed by atoms with E-state index in [9.17, 15) is 23.2 Å². The number of carbonyl (C=O) groups is 3. The Morgan fingerprint density at radius 1 is 1.00 bits per heavy atom. The number of nitrogens with one attached hydrogen (secondary N) is 1. The van der Waals surface area contributed by atoms with Crippen LogP contribution in [0.2, 0.25) is 0 Å². The van der Waals surface area contributed by atoms with Crippen molar-refractivity contribution in [3.05, 3.63) is 59.7 Å². The lowest BCUT2D eigenvalue weighted by Gasteiger charge is -2.10. The zero-order chi connectivity index (χ0) is 22.8. The van der Waals surface area contributed by atoms with Gasteiger partial charge in [-0.3, -0.25) is 14.9 Å². The number of hydrogen-bond donors (Lipinski definition) is 1. The highest BCUT2D eigenvalue weighted by molar-refractivity contribution is 6.06. The normalized spacial score (nSPS) is 10.6. The highest BCUT2D eigenvalue weighted by Gasteiger charge is 2.15. The second-order valence-corrected chi connectivity index (χ2v) is 5.81. The Bertz CT molecular complexity index is 976. The summed E-state index contributed by atoms with van der Waals surface area (Å²) in [5.41, 5.74) is 0.587. The SMILES string of the molecule is COc1cc(/C=C/C(=O)OCC(=O)NC(=O)c2ccccc2OC)ccc1OC(F)F. The number of hydrogen-bond acceptors (Lipinski definition) is 7. The molecule has 2 aromatic carbocycles. The summed E-state index contributed by atoms with van der Waals surface area (Å²) >= 11 is 0. The smallest absolute Gasteiger partial charge is 0.387 e. The zero-order valence-corrected chi connectivity index (χ0v) is 16.6. The Morgan fingerprint density at radius 2 is 1.71 bits per heavy atom. The predicted octanol–water partition coefficient (Wildman–Crippen LogP) is 2.82. The van der Waals surface area contributed by atoms with E-state index >= 15 is 0 Å². The summed E-state index contributed by atoms with van der Waals surface area (Å²) in [5.74, 6) is -2.21. The third-order valence-corrected chi connectivity index (χ3v) is 3.77. The van der Waals surface area contributed by atoms with Crippen molar-refractivity contribution < 1.29 is 42.1 Å². The summed E-state index contributed by atoms with van der Waals surface area (Å²) in [5, 5.41) is 2.09. The van der Waals surface area contributed by atoms with Crippen LogP contribution < -0.4 is 19.5 Å². The molecule has 0 aliphatic rings. The monoisotopic (exact) mass is 435 g/mol. The highest BCUT2D eigenvalue weighted by Crippen LogP contribution is 2.29. The first-order chi connectivity index (χ1) is 14.8.